The largest absolute Gasteiger partial charge is 0.0656 e. The summed E-state index contributed by atoms with van der Waals surface area (Å²) in [5.74, 6) is 2.80. The Hall–Kier alpha value is 0. The molecule has 92 valence electrons. The first kappa shape index (κ1) is 15.0. The molecule has 0 aliphatic heterocycles. The summed E-state index contributed by atoms with van der Waals surface area (Å²) >= 11 is 0. The van der Waals surface area contributed by atoms with Crippen LogP contribution in [-0.2, 0) is 0 Å². The first-order valence-electron chi connectivity index (χ1n) is 6.82. The molecule has 0 bridgehead atoms. The van der Waals surface area contributed by atoms with Gasteiger partial charge >= 0.3 is 0 Å². The maximum absolute atomic E-state index is 2.43. The topological polar surface area (TPSA) is 0 Å². The molecule has 2 unspecified atom stereocenters. The van der Waals surface area contributed by atoms with Gasteiger partial charge in [-0.2, -0.15) is 0 Å². The first-order chi connectivity index (χ1) is 6.82. The van der Waals surface area contributed by atoms with Gasteiger partial charge in [-0.3, -0.25) is 0 Å². The van der Waals surface area contributed by atoms with Crippen LogP contribution in [0.2, 0.25) is 0 Å². The molecular weight excluding hydrogens is 180 g/mol. The van der Waals surface area contributed by atoms with Gasteiger partial charge in [-0.05, 0) is 42.4 Å². The molecule has 1 saturated carbocycles. The molecule has 1 fully saturated rings. The number of rotatable bonds is 1. The van der Waals surface area contributed by atoms with E-state index in [1.807, 2.05) is 0 Å². The fourth-order valence-corrected chi connectivity index (χ4v) is 2.93. The van der Waals surface area contributed by atoms with Crippen LogP contribution < -0.4 is 0 Å². The van der Waals surface area contributed by atoms with E-state index in [-0.39, 0.29) is 0 Å². The van der Waals surface area contributed by atoms with E-state index in [0.29, 0.717) is 5.41 Å². The summed E-state index contributed by atoms with van der Waals surface area (Å²) < 4.78 is 0. The van der Waals surface area contributed by atoms with Gasteiger partial charge in [0.1, 0.15) is 0 Å². The Morgan fingerprint density at radius 1 is 1.13 bits per heavy atom. The molecule has 0 aromatic rings. The van der Waals surface area contributed by atoms with Crippen LogP contribution in [0.25, 0.3) is 0 Å². The Morgan fingerprint density at radius 3 is 1.93 bits per heavy atom. The van der Waals surface area contributed by atoms with Crippen LogP contribution in [0.5, 0.6) is 0 Å². The summed E-state index contributed by atoms with van der Waals surface area (Å²) in [7, 11) is 0. The lowest BCUT2D eigenvalue weighted by atomic mass is 9.65. The molecule has 1 rings (SSSR count). The molecule has 2 atom stereocenters. The third-order valence-electron chi connectivity index (χ3n) is 3.36. The van der Waals surface area contributed by atoms with Gasteiger partial charge in [-0.25, -0.2) is 0 Å². The molecule has 0 aromatic heterocycles. The number of hydrogen-bond acceptors (Lipinski definition) is 0. The smallest absolute Gasteiger partial charge is 0.0349 e. The van der Waals surface area contributed by atoms with Crippen molar-refractivity contribution >= 4 is 0 Å². The van der Waals surface area contributed by atoms with Crippen LogP contribution in [0.3, 0.4) is 0 Å². The Labute approximate surface area is 97.8 Å². The summed E-state index contributed by atoms with van der Waals surface area (Å²) in [5.41, 5.74) is 0.604. The minimum atomic E-state index is 0.604. The van der Waals surface area contributed by atoms with Gasteiger partial charge in [0.2, 0.25) is 0 Å². The molecule has 0 heteroatoms. The fourth-order valence-electron chi connectivity index (χ4n) is 2.93. The third kappa shape index (κ3) is 6.22. The Kier molecular flexibility index (Phi) is 6.55. The molecular formula is C15H32. The molecule has 0 heterocycles. The second kappa shape index (κ2) is 6.55. The lowest BCUT2D eigenvalue weighted by Crippen LogP contribution is -2.30. The van der Waals surface area contributed by atoms with Crippen LogP contribution >= 0.6 is 0 Å². The third-order valence-corrected chi connectivity index (χ3v) is 3.36. The van der Waals surface area contributed by atoms with Crippen molar-refractivity contribution in [1.82, 2.24) is 0 Å². The molecule has 0 amide bonds. The van der Waals surface area contributed by atoms with E-state index in [2.05, 4.69) is 48.5 Å². The molecule has 1 aliphatic carbocycles. The summed E-state index contributed by atoms with van der Waals surface area (Å²) in [4.78, 5) is 0. The van der Waals surface area contributed by atoms with Gasteiger partial charge in [-0.15, -0.1) is 0 Å². The van der Waals surface area contributed by atoms with Gasteiger partial charge in [0.05, 0.1) is 0 Å². The van der Waals surface area contributed by atoms with Crippen LogP contribution in [-0.4, -0.2) is 0 Å². The normalized spacial score (nSPS) is 29.6. The predicted molar refractivity (Wildman–Crippen MR) is 71.1 cm³/mol. The summed E-state index contributed by atoms with van der Waals surface area (Å²) in [5, 5.41) is 0. The highest BCUT2D eigenvalue weighted by atomic mass is 14.4. The zero-order valence-electron chi connectivity index (χ0n) is 12.1. The van der Waals surface area contributed by atoms with Crippen molar-refractivity contribution in [1.29, 1.82) is 0 Å². The summed E-state index contributed by atoms with van der Waals surface area (Å²) in [6.45, 7) is 16.3. The maximum atomic E-state index is 2.43. The Bertz CT molecular complexity index is 155. The van der Waals surface area contributed by atoms with Crippen molar-refractivity contribution < 1.29 is 0 Å². The van der Waals surface area contributed by atoms with Gasteiger partial charge in [0.15, 0.2) is 0 Å². The van der Waals surface area contributed by atoms with Gasteiger partial charge < -0.3 is 0 Å². The van der Waals surface area contributed by atoms with Gasteiger partial charge in [-0.1, -0.05) is 54.9 Å². The zero-order valence-corrected chi connectivity index (χ0v) is 12.1. The summed E-state index contributed by atoms with van der Waals surface area (Å²) in [6, 6.07) is 0. The van der Waals surface area contributed by atoms with E-state index >= 15 is 0 Å². The highest BCUT2D eigenvalue weighted by Gasteiger charge is 2.32. The van der Waals surface area contributed by atoms with Gasteiger partial charge in [0.25, 0.3) is 0 Å². The lowest BCUT2D eigenvalue weighted by Gasteiger charge is -2.40. The quantitative estimate of drug-likeness (QED) is 0.537. The van der Waals surface area contributed by atoms with Crippen LogP contribution in [0.15, 0.2) is 0 Å². The van der Waals surface area contributed by atoms with E-state index in [1.165, 1.54) is 25.7 Å². The van der Waals surface area contributed by atoms with Crippen LogP contribution in [0, 0.1) is 23.2 Å². The van der Waals surface area contributed by atoms with Crippen molar-refractivity contribution in [2.75, 3.05) is 0 Å². The SMILES string of the molecule is CC1CC(C(C)C)CC(C)(C)C1.CCC. The van der Waals surface area contributed by atoms with E-state index < -0.39 is 0 Å². The van der Waals surface area contributed by atoms with E-state index in [1.54, 1.807) is 0 Å². The Morgan fingerprint density at radius 2 is 1.60 bits per heavy atom. The second-order valence-electron chi connectivity index (χ2n) is 6.62. The average Bonchev–Trinajstić information content (AvgIpc) is 2.01. The van der Waals surface area contributed by atoms with Gasteiger partial charge in [0, 0.05) is 0 Å². The molecule has 0 spiro atoms. The van der Waals surface area contributed by atoms with E-state index in [0.717, 1.165) is 17.8 Å². The van der Waals surface area contributed by atoms with E-state index in [9.17, 15) is 0 Å². The number of hydrogen-bond donors (Lipinski definition) is 0. The molecule has 0 nitrogen and oxygen atoms in total. The molecule has 0 N–H and O–H groups in total. The maximum Gasteiger partial charge on any atom is -0.0349 e. The minimum Gasteiger partial charge on any atom is -0.0656 e. The van der Waals surface area contributed by atoms with Crippen molar-refractivity contribution in [3.8, 4) is 0 Å². The van der Waals surface area contributed by atoms with Crippen molar-refractivity contribution in [2.24, 2.45) is 23.2 Å². The molecule has 0 saturated heterocycles. The molecule has 0 radical (unpaired) electrons. The van der Waals surface area contributed by atoms with E-state index in [4.69, 9.17) is 0 Å². The molecule has 1 aliphatic rings. The standard InChI is InChI=1S/C12H24.C3H8/c1-9(2)11-6-10(3)7-12(4,5)8-11;1-3-2/h9-11H,6-8H2,1-5H3;3H2,1-2H3. The van der Waals surface area contributed by atoms with Crippen molar-refractivity contribution in [2.45, 2.75) is 74.1 Å². The van der Waals surface area contributed by atoms with Crippen LogP contribution in [0.4, 0.5) is 0 Å². The highest BCUT2D eigenvalue weighted by molar-refractivity contribution is 4.83. The first-order valence-corrected chi connectivity index (χ1v) is 6.82. The Balaban J connectivity index is 0.000000583. The highest BCUT2D eigenvalue weighted by Crippen LogP contribution is 2.44. The monoisotopic (exact) mass is 212 g/mol. The zero-order chi connectivity index (χ0) is 12.1. The minimum absolute atomic E-state index is 0.604. The lowest BCUT2D eigenvalue weighted by molar-refractivity contribution is 0.105. The summed E-state index contributed by atoms with van der Waals surface area (Å²) in [6.07, 6.45) is 5.58. The average molecular weight is 212 g/mol. The second-order valence-corrected chi connectivity index (χ2v) is 6.62. The van der Waals surface area contributed by atoms with Crippen molar-refractivity contribution in [3.63, 3.8) is 0 Å². The fraction of sp³-hybridized carbons (Fsp3) is 1.00. The predicted octanol–water partition coefficient (Wildman–Crippen LogP) is 5.52. The molecule has 0 aromatic carbocycles. The molecule has 15 heavy (non-hydrogen) atoms. The van der Waals surface area contributed by atoms with Crippen LogP contribution in [0.1, 0.15) is 74.1 Å². The van der Waals surface area contributed by atoms with Crippen molar-refractivity contribution in [3.05, 3.63) is 0 Å².